The molecule has 4 nitrogen and oxygen atoms in total. The molecule has 1 saturated carbocycles. The predicted molar refractivity (Wildman–Crippen MR) is 85.1 cm³/mol. The SMILES string of the molecule is CCN(CC)CCn1cc(NC(C)CC2CCC2)cn1. The van der Waals surface area contributed by atoms with Gasteiger partial charge in [-0.1, -0.05) is 33.1 Å². The van der Waals surface area contributed by atoms with E-state index in [0.717, 1.165) is 37.8 Å². The van der Waals surface area contributed by atoms with Crippen LogP contribution >= 0.6 is 0 Å². The molecule has 0 spiro atoms. The smallest absolute Gasteiger partial charge is 0.0728 e. The summed E-state index contributed by atoms with van der Waals surface area (Å²) in [6, 6.07) is 0.556. The van der Waals surface area contributed by atoms with Crippen LogP contribution in [0.3, 0.4) is 0 Å². The monoisotopic (exact) mass is 278 g/mol. The van der Waals surface area contributed by atoms with Crippen molar-refractivity contribution >= 4 is 5.69 Å². The number of nitrogens with one attached hydrogen (secondary N) is 1. The normalized spacial score (nSPS) is 17.2. The van der Waals surface area contributed by atoms with Crippen molar-refractivity contribution in [3.8, 4) is 0 Å². The first kappa shape index (κ1) is 15.4. The maximum absolute atomic E-state index is 4.45. The van der Waals surface area contributed by atoms with E-state index in [4.69, 9.17) is 0 Å². The summed E-state index contributed by atoms with van der Waals surface area (Å²) in [5, 5.41) is 8.03. The van der Waals surface area contributed by atoms with E-state index in [9.17, 15) is 0 Å². The second-order valence-corrected chi connectivity index (χ2v) is 6.10. The van der Waals surface area contributed by atoms with Crippen molar-refractivity contribution in [2.24, 2.45) is 5.92 Å². The summed E-state index contributed by atoms with van der Waals surface area (Å²) in [4.78, 5) is 2.42. The highest BCUT2D eigenvalue weighted by Gasteiger charge is 2.19. The summed E-state index contributed by atoms with van der Waals surface area (Å²) in [5.74, 6) is 0.954. The Kier molecular flexibility index (Phi) is 5.89. The van der Waals surface area contributed by atoms with Crippen LogP contribution in [0.5, 0.6) is 0 Å². The van der Waals surface area contributed by atoms with Gasteiger partial charge in [-0.15, -0.1) is 0 Å². The molecule has 1 N–H and O–H groups in total. The van der Waals surface area contributed by atoms with Gasteiger partial charge >= 0.3 is 0 Å². The highest BCUT2D eigenvalue weighted by molar-refractivity contribution is 5.39. The van der Waals surface area contributed by atoms with Crippen LogP contribution in [0.1, 0.15) is 46.5 Å². The van der Waals surface area contributed by atoms with E-state index in [2.05, 4.69) is 47.0 Å². The first-order valence-electron chi connectivity index (χ1n) is 8.22. The van der Waals surface area contributed by atoms with Gasteiger partial charge < -0.3 is 10.2 Å². The van der Waals surface area contributed by atoms with Gasteiger partial charge in [-0.2, -0.15) is 5.10 Å². The molecule has 1 heterocycles. The Labute approximate surface area is 123 Å². The molecule has 0 bridgehead atoms. The predicted octanol–water partition coefficient (Wildman–Crippen LogP) is 3.22. The molecular formula is C16H30N4. The van der Waals surface area contributed by atoms with E-state index in [1.807, 2.05) is 6.20 Å². The van der Waals surface area contributed by atoms with E-state index < -0.39 is 0 Å². The Morgan fingerprint density at radius 1 is 1.40 bits per heavy atom. The number of aromatic nitrogens is 2. The van der Waals surface area contributed by atoms with Crippen molar-refractivity contribution < 1.29 is 0 Å². The minimum atomic E-state index is 0.556. The molecule has 0 aliphatic heterocycles. The van der Waals surface area contributed by atoms with E-state index in [0.29, 0.717) is 6.04 Å². The summed E-state index contributed by atoms with van der Waals surface area (Å²) in [5.41, 5.74) is 1.16. The topological polar surface area (TPSA) is 33.1 Å². The van der Waals surface area contributed by atoms with Crippen molar-refractivity contribution in [2.45, 2.75) is 59.0 Å². The molecule has 114 valence electrons. The molecule has 0 amide bonds. The quantitative estimate of drug-likeness (QED) is 0.753. The van der Waals surface area contributed by atoms with E-state index >= 15 is 0 Å². The first-order chi connectivity index (χ1) is 9.71. The van der Waals surface area contributed by atoms with Gasteiger partial charge in [0.05, 0.1) is 18.4 Å². The van der Waals surface area contributed by atoms with Crippen LogP contribution in [0.15, 0.2) is 12.4 Å². The Morgan fingerprint density at radius 2 is 2.15 bits per heavy atom. The maximum Gasteiger partial charge on any atom is 0.0728 e. The van der Waals surface area contributed by atoms with Gasteiger partial charge in [-0.3, -0.25) is 4.68 Å². The van der Waals surface area contributed by atoms with Crippen LogP contribution in [-0.4, -0.2) is 40.4 Å². The number of rotatable bonds is 9. The van der Waals surface area contributed by atoms with Crippen molar-refractivity contribution in [3.63, 3.8) is 0 Å². The number of anilines is 1. The Bertz CT molecular complexity index is 380. The highest BCUT2D eigenvalue weighted by Crippen LogP contribution is 2.31. The summed E-state index contributed by atoms with van der Waals surface area (Å²) in [7, 11) is 0. The zero-order valence-electron chi connectivity index (χ0n) is 13.3. The molecule has 0 saturated heterocycles. The lowest BCUT2D eigenvalue weighted by Gasteiger charge is -2.28. The molecule has 1 atom stereocenters. The fraction of sp³-hybridized carbons (Fsp3) is 0.812. The minimum Gasteiger partial charge on any atom is -0.380 e. The number of hydrogen-bond donors (Lipinski definition) is 1. The molecule has 1 aliphatic carbocycles. The second kappa shape index (κ2) is 7.67. The summed E-state index contributed by atoms with van der Waals surface area (Å²) in [6.07, 6.45) is 9.68. The maximum atomic E-state index is 4.45. The molecule has 2 rings (SSSR count). The molecule has 1 aliphatic rings. The zero-order valence-corrected chi connectivity index (χ0v) is 13.3. The van der Waals surface area contributed by atoms with Gasteiger partial charge in [0, 0.05) is 18.8 Å². The van der Waals surface area contributed by atoms with E-state index in [1.165, 1.54) is 25.7 Å². The van der Waals surface area contributed by atoms with Crippen molar-refractivity contribution in [3.05, 3.63) is 12.4 Å². The van der Waals surface area contributed by atoms with Crippen LogP contribution in [0, 0.1) is 5.92 Å². The molecule has 1 aromatic rings. The van der Waals surface area contributed by atoms with Crippen LogP contribution < -0.4 is 5.32 Å². The molecular weight excluding hydrogens is 248 g/mol. The third-order valence-corrected chi connectivity index (χ3v) is 4.50. The average molecular weight is 278 g/mol. The molecule has 4 heteroatoms. The lowest BCUT2D eigenvalue weighted by Crippen LogP contribution is -2.27. The van der Waals surface area contributed by atoms with Gasteiger partial charge in [-0.05, 0) is 32.4 Å². The van der Waals surface area contributed by atoms with Gasteiger partial charge in [0.1, 0.15) is 0 Å². The Hall–Kier alpha value is -1.03. The number of hydrogen-bond acceptors (Lipinski definition) is 3. The lowest BCUT2D eigenvalue weighted by molar-refractivity contribution is 0.285. The summed E-state index contributed by atoms with van der Waals surface area (Å²) in [6.45, 7) is 11.0. The standard InChI is InChI=1S/C16H30N4/c1-4-19(5-2)9-10-20-13-16(12-17-20)18-14(3)11-15-7-6-8-15/h12-15,18H,4-11H2,1-3H3. The molecule has 1 aromatic heterocycles. The molecule has 20 heavy (non-hydrogen) atoms. The summed E-state index contributed by atoms with van der Waals surface area (Å²) >= 11 is 0. The van der Waals surface area contributed by atoms with Crippen LogP contribution in [0.25, 0.3) is 0 Å². The van der Waals surface area contributed by atoms with Crippen molar-refractivity contribution in [1.82, 2.24) is 14.7 Å². The second-order valence-electron chi connectivity index (χ2n) is 6.10. The Morgan fingerprint density at radius 3 is 2.75 bits per heavy atom. The molecule has 0 aromatic carbocycles. The Balaban J connectivity index is 1.73. The van der Waals surface area contributed by atoms with Crippen molar-refractivity contribution in [1.29, 1.82) is 0 Å². The minimum absolute atomic E-state index is 0.556. The zero-order chi connectivity index (χ0) is 14.4. The van der Waals surface area contributed by atoms with Crippen molar-refractivity contribution in [2.75, 3.05) is 25.0 Å². The number of likely N-dealkylation sites (N-methyl/N-ethyl adjacent to an activating group) is 1. The third kappa shape index (κ3) is 4.51. The van der Waals surface area contributed by atoms with Crippen LogP contribution in [0.4, 0.5) is 5.69 Å². The molecule has 1 unspecified atom stereocenters. The van der Waals surface area contributed by atoms with Gasteiger partial charge in [-0.25, -0.2) is 0 Å². The lowest BCUT2D eigenvalue weighted by atomic mass is 9.81. The van der Waals surface area contributed by atoms with Gasteiger partial charge in [0.25, 0.3) is 0 Å². The largest absolute Gasteiger partial charge is 0.380 e. The highest BCUT2D eigenvalue weighted by atomic mass is 15.3. The molecule has 0 radical (unpaired) electrons. The number of nitrogens with zero attached hydrogens (tertiary/aromatic N) is 3. The van der Waals surface area contributed by atoms with Gasteiger partial charge in [0.2, 0.25) is 0 Å². The summed E-state index contributed by atoms with van der Waals surface area (Å²) < 4.78 is 2.05. The van der Waals surface area contributed by atoms with Crippen LogP contribution in [-0.2, 0) is 6.54 Å². The van der Waals surface area contributed by atoms with Gasteiger partial charge in [0.15, 0.2) is 0 Å². The fourth-order valence-corrected chi connectivity index (χ4v) is 2.92. The average Bonchev–Trinajstić information content (AvgIpc) is 2.83. The van der Waals surface area contributed by atoms with E-state index in [-0.39, 0.29) is 0 Å². The third-order valence-electron chi connectivity index (χ3n) is 4.50. The van der Waals surface area contributed by atoms with E-state index in [1.54, 1.807) is 0 Å². The fourth-order valence-electron chi connectivity index (χ4n) is 2.92. The first-order valence-corrected chi connectivity index (χ1v) is 8.22. The molecule has 1 fully saturated rings. The van der Waals surface area contributed by atoms with Crippen LogP contribution in [0.2, 0.25) is 0 Å².